The van der Waals surface area contributed by atoms with E-state index in [1.807, 2.05) is 7.05 Å². The van der Waals surface area contributed by atoms with E-state index in [9.17, 15) is 4.79 Å². The van der Waals surface area contributed by atoms with Crippen molar-refractivity contribution in [3.8, 4) is 0 Å². The predicted octanol–water partition coefficient (Wildman–Crippen LogP) is 0.248. The maximum Gasteiger partial charge on any atom is 0.327 e. The molecule has 2 aliphatic rings. The van der Waals surface area contributed by atoms with E-state index < -0.39 is 5.54 Å². The fraction of sp³-hybridized carbons (Fsp3) is 0.923. The maximum absolute atomic E-state index is 12.1. The molecule has 1 saturated carbocycles. The number of likely N-dealkylation sites (N-methyl/N-ethyl adjacent to an activating group) is 1. The predicted molar refractivity (Wildman–Crippen MR) is 68.4 cm³/mol. The van der Waals surface area contributed by atoms with Crippen LogP contribution >= 0.6 is 0 Å². The molecule has 104 valence electrons. The van der Waals surface area contributed by atoms with Crippen molar-refractivity contribution in [2.75, 3.05) is 40.9 Å². The molecule has 0 spiro atoms. The molecular formula is C13H24N2O3. The van der Waals surface area contributed by atoms with Crippen molar-refractivity contribution in [1.82, 2.24) is 10.2 Å². The van der Waals surface area contributed by atoms with Gasteiger partial charge in [0.1, 0.15) is 5.54 Å². The van der Waals surface area contributed by atoms with Gasteiger partial charge in [0.2, 0.25) is 0 Å². The van der Waals surface area contributed by atoms with Crippen molar-refractivity contribution in [3.05, 3.63) is 0 Å². The van der Waals surface area contributed by atoms with E-state index in [4.69, 9.17) is 9.47 Å². The Labute approximate surface area is 109 Å². The summed E-state index contributed by atoms with van der Waals surface area (Å²) in [6.07, 6.45) is 3.56. The molecule has 0 aromatic heterocycles. The van der Waals surface area contributed by atoms with Gasteiger partial charge < -0.3 is 14.8 Å². The van der Waals surface area contributed by atoms with Crippen molar-refractivity contribution < 1.29 is 14.3 Å². The van der Waals surface area contributed by atoms with Crippen LogP contribution in [0.25, 0.3) is 0 Å². The molecule has 5 heteroatoms. The average molecular weight is 256 g/mol. The molecule has 0 aromatic rings. The Bertz CT molecular complexity index is 307. The summed E-state index contributed by atoms with van der Waals surface area (Å²) in [7, 11) is 5.08. The summed E-state index contributed by atoms with van der Waals surface area (Å²) in [4.78, 5) is 14.4. The lowest BCUT2D eigenvalue weighted by Crippen LogP contribution is -2.59. The Kier molecular flexibility index (Phi) is 4.25. The van der Waals surface area contributed by atoms with Crippen molar-refractivity contribution >= 4 is 5.97 Å². The van der Waals surface area contributed by atoms with Crippen LogP contribution in [0.4, 0.5) is 0 Å². The fourth-order valence-corrected chi connectivity index (χ4v) is 2.99. The number of carbonyl (C=O) groups excluding carboxylic acids is 1. The summed E-state index contributed by atoms with van der Waals surface area (Å²) in [6.45, 7) is 2.62. The molecular weight excluding hydrogens is 232 g/mol. The summed E-state index contributed by atoms with van der Waals surface area (Å²) in [5.74, 6) is 0.282. The molecule has 0 aromatic carbocycles. The van der Waals surface area contributed by atoms with Crippen LogP contribution in [0, 0.1) is 5.92 Å². The molecule has 0 bridgehead atoms. The Hall–Kier alpha value is -0.650. The minimum absolute atomic E-state index is 0.131. The van der Waals surface area contributed by atoms with E-state index in [0.29, 0.717) is 12.0 Å². The molecule has 0 radical (unpaired) electrons. The van der Waals surface area contributed by atoms with Gasteiger partial charge >= 0.3 is 5.97 Å². The van der Waals surface area contributed by atoms with Gasteiger partial charge in [-0.2, -0.15) is 0 Å². The molecule has 2 rings (SSSR count). The molecule has 18 heavy (non-hydrogen) atoms. The SMILES string of the molecule is CNC(CN1CCC(OC)C1)(C(=O)OC)C1CC1. The zero-order valence-corrected chi connectivity index (χ0v) is 11.6. The van der Waals surface area contributed by atoms with Gasteiger partial charge in [-0.3, -0.25) is 4.90 Å². The molecule has 1 aliphatic carbocycles. The number of hydrogen-bond acceptors (Lipinski definition) is 5. The number of methoxy groups -OCH3 is 2. The maximum atomic E-state index is 12.1. The number of nitrogens with one attached hydrogen (secondary N) is 1. The van der Waals surface area contributed by atoms with Gasteiger partial charge in [-0.25, -0.2) is 4.79 Å². The first kappa shape index (κ1) is 13.8. The standard InChI is InChI=1S/C13H24N2O3/c1-14-13(10-4-5-10,12(16)18-3)9-15-7-6-11(8-15)17-2/h10-11,14H,4-9H2,1-3H3. The van der Waals surface area contributed by atoms with Crippen molar-refractivity contribution in [2.24, 2.45) is 5.92 Å². The highest BCUT2D eigenvalue weighted by molar-refractivity contribution is 5.82. The summed E-state index contributed by atoms with van der Waals surface area (Å²) in [5, 5.41) is 3.23. The van der Waals surface area contributed by atoms with Gasteiger partial charge in [0, 0.05) is 26.7 Å². The van der Waals surface area contributed by atoms with Gasteiger partial charge in [0.05, 0.1) is 13.2 Å². The van der Waals surface area contributed by atoms with Crippen LogP contribution in [0.5, 0.6) is 0 Å². The van der Waals surface area contributed by atoms with E-state index in [0.717, 1.165) is 38.9 Å². The normalized spacial score (nSPS) is 28.1. The molecule has 5 nitrogen and oxygen atoms in total. The first-order chi connectivity index (χ1) is 8.66. The number of esters is 1. The summed E-state index contributed by atoms with van der Waals surface area (Å²) in [6, 6.07) is 0. The largest absolute Gasteiger partial charge is 0.468 e. The highest BCUT2D eigenvalue weighted by atomic mass is 16.5. The zero-order chi connectivity index (χ0) is 13.2. The van der Waals surface area contributed by atoms with Gasteiger partial charge in [0.15, 0.2) is 0 Å². The second kappa shape index (κ2) is 5.55. The lowest BCUT2D eigenvalue weighted by molar-refractivity contribution is -0.150. The van der Waals surface area contributed by atoms with E-state index in [2.05, 4.69) is 10.2 Å². The average Bonchev–Trinajstić information content (AvgIpc) is 3.16. The first-order valence-corrected chi connectivity index (χ1v) is 6.68. The van der Waals surface area contributed by atoms with Crippen LogP contribution in [0.1, 0.15) is 19.3 Å². The Morgan fingerprint density at radius 2 is 2.11 bits per heavy atom. The van der Waals surface area contributed by atoms with Crippen LogP contribution in [0.15, 0.2) is 0 Å². The van der Waals surface area contributed by atoms with Gasteiger partial charge in [-0.1, -0.05) is 0 Å². The molecule has 1 N–H and O–H groups in total. The number of nitrogens with zero attached hydrogens (tertiary/aromatic N) is 1. The highest BCUT2D eigenvalue weighted by Gasteiger charge is 2.52. The zero-order valence-electron chi connectivity index (χ0n) is 11.6. The van der Waals surface area contributed by atoms with E-state index >= 15 is 0 Å². The number of rotatable bonds is 6. The van der Waals surface area contributed by atoms with Crippen molar-refractivity contribution in [2.45, 2.75) is 30.9 Å². The van der Waals surface area contributed by atoms with Crippen molar-refractivity contribution in [1.29, 1.82) is 0 Å². The molecule has 1 saturated heterocycles. The molecule has 1 heterocycles. The van der Waals surface area contributed by atoms with Crippen molar-refractivity contribution in [3.63, 3.8) is 0 Å². The minimum atomic E-state index is -0.530. The van der Waals surface area contributed by atoms with Gasteiger partial charge in [0.25, 0.3) is 0 Å². The third kappa shape index (κ3) is 2.53. The number of hydrogen-bond donors (Lipinski definition) is 1. The molecule has 2 fully saturated rings. The number of likely N-dealkylation sites (tertiary alicyclic amines) is 1. The lowest BCUT2D eigenvalue weighted by Gasteiger charge is -2.34. The molecule has 0 amide bonds. The van der Waals surface area contributed by atoms with Crippen LogP contribution < -0.4 is 5.32 Å². The van der Waals surface area contributed by atoms with Crippen LogP contribution in [0.3, 0.4) is 0 Å². The lowest BCUT2D eigenvalue weighted by atomic mass is 9.92. The number of carbonyl (C=O) groups is 1. The minimum Gasteiger partial charge on any atom is -0.468 e. The Morgan fingerprint density at radius 1 is 1.39 bits per heavy atom. The van der Waals surface area contributed by atoms with E-state index in [1.165, 1.54) is 7.11 Å². The van der Waals surface area contributed by atoms with Crippen LogP contribution in [0.2, 0.25) is 0 Å². The molecule has 2 atom stereocenters. The van der Waals surface area contributed by atoms with Gasteiger partial charge in [-0.15, -0.1) is 0 Å². The Balaban J connectivity index is 2.03. The smallest absolute Gasteiger partial charge is 0.327 e. The van der Waals surface area contributed by atoms with Gasteiger partial charge in [-0.05, 0) is 32.2 Å². The van der Waals surface area contributed by atoms with Crippen LogP contribution in [-0.4, -0.2) is 63.4 Å². The highest BCUT2D eigenvalue weighted by Crippen LogP contribution is 2.41. The van der Waals surface area contributed by atoms with E-state index in [-0.39, 0.29) is 5.97 Å². The molecule has 1 aliphatic heterocycles. The Morgan fingerprint density at radius 3 is 2.56 bits per heavy atom. The number of ether oxygens (including phenoxy) is 2. The quantitative estimate of drug-likeness (QED) is 0.690. The topological polar surface area (TPSA) is 50.8 Å². The second-order valence-corrected chi connectivity index (χ2v) is 5.37. The first-order valence-electron chi connectivity index (χ1n) is 6.68. The van der Waals surface area contributed by atoms with E-state index in [1.54, 1.807) is 7.11 Å². The third-order valence-electron chi connectivity index (χ3n) is 4.31. The summed E-state index contributed by atoms with van der Waals surface area (Å²) in [5.41, 5.74) is -0.530. The third-order valence-corrected chi connectivity index (χ3v) is 4.31. The summed E-state index contributed by atoms with van der Waals surface area (Å²) < 4.78 is 10.4. The fourth-order valence-electron chi connectivity index (χ4n) is 2.99. The monoisotopic (exact) mass is 256 g/mol. The van der Waals surface area contributed by atoms with Crippen LogP contribution in [-0.2, 0) is 14.3 Å². The summed E-state index contributed by atoms with van der Waals surface area (Å²) >= 11 is 0. The second-order valence-electron chi connectivity index (χ2n) is 5.37. The molecule has 2 unspecified atom stereocenters.